The van der Waals surface area contributed by atoms with Crippen LogP contribution in [0.3, 0.4) is 0 Å². The molecule has 0 spiro atoms. The number of carbonyl (C=O) groups excluding carboxylic acids is 2. The number of hydrogen-bond acceptors (Lipinski definition) is 5. The van der Waals surface area contributed by atoms with Crippen LogP contribution in [0, 0.1) is 0 Å². The predicted molar refractivity (Wildman–Crippen MR) is 101 cm³/mol. The van der Waals surface area contributed by atoms with Crippen LogP contribution < -0.4 is 9.47 Å². The fourth-order valence-electron chi connectivity index (χ4n) is 2.63. The normalized spacial score (nSPS) is 17.5. The van der Waals surface area contributed by atoms with Crippen molar-refractivity contribution >= 4 is 52.2 Å². The SMILES string of the molecule is O=C1S/C(=C\c2ccc3c(c2)OCO3)C(=O)N1Cc1c(Cl)cccc1Cl. The van der Waals surface area contributed by atoms with E-state index in [2.05, 4.69) is 0 Å². The maximum absolute atomic E-state index is 12.7. The summed E-state index contributed by atoms with van der Waals surface area (Å²) in [5.74, 6) is 0.887. The van der Waals surface area contributed by atoms with Gasteiger partial charge in [-0.25, -0.2) is 0 Å². The van der Waals surface area contributed by atoms with Crippen LogP contribution in [0.15, 0.2) is 41.3 Å². The van der Waals surface area contributed by atoms with Crippen molar-refractivity contribution in [3.05, 3.63) is 62.5 Å². The Bertz CT molecular complexity index is 940. The van der Waals surface area contributed by atoms with Gasteiger partial charge < -0.3 is 9.47 Å². The van der Waals surface area contributed by atoms with E-state index in [0.29, 0.717) is 32.0 Å². The summed E-state index contributed by atoms with van der Waals surface area (Å²) in [6.07, 6.45) is 1.65. The second-order valence-corrected chi connectivity index (χ2v) is 7.39. The van der Waals surface area contributed by atoms with Gasteiger partial charge in [-0.1, -0.05) is 35.3 Å². The molecule has 2 amide bonds. The summed E-state index contributed by atoms with van der Waals surface area (Å²) in [5.41, 5.74) is 1.29. The Morgan fingerprint density at radius 2 is 1.81 bits per heavy atom. The van der Waals surface area contributed by atoms with Crippen molar-refractivity contribution < 1.29 is 19.1 Å². The lowest BCUT2D eigenvalue weighted by Gasteiger charge is -2.14. The minimum Gasteiger partial charge on any atom is -0.454 e. The zero-order chi connectivity index (χ0) is 18.3. The zero-order valence-corrected chi connectivity index (χ0v) is 15.5. The zero-order valence-electron chi connectivity index (χ0n) is 13.2. The second-order valence-electron chi connectivity index (χ2n) is 5.58. The monoisotopic (exact) mass is 407 g/mol. The first-order chi connectivity index (χ1) is 12.5. The third-order valence-corrected chi connectivity index (χ3v) is 5.56. The average molecular weight is 408 g/mol. The van der Waals surface area contributed by atoms with Crippen molar-refractivity contribution in [2.75, 3.05) is 6.79 Å². The minimum atomic E-state index is -0.381. The van der Waals surface area contributed by atoms with Gasteiger partial charge in [0, 0.05) is 15.6 Å². The molecule has 2 aliphatic heterocycles. The minimum absolute atomic E-state index is 0.0294. The molecule has 1 fully saturated rings. The van der Waals surface area contributed by atoms with Crippen LogP contribution in [-0.4, -0.2) is 22.8 Å². The number of nitrogens with zero attached hydrogens (tertiary/aromatic N) is 1. The molecule has 8 heteroatoms. The van der Waals surface area contributed by atoms with E-state index in [1.165, 1.54) is 0 Å². The lowest BCUT2D eigenvalue weighted by atomic mass is 10.1. The molecule has 2 aromatic carbocycles. The molecular formula is C18H11Cl2NO4S. The number of fused-ring (bicyclic) bond motifs is 1. The first kappa shape index (κ1) is 17.3. The first-order valence-corrected chi connectivity index (χ1v) is 9.18. The Labute approximate surface area is 163 Å². The third kappa shape index (κ3) is 3.16. The number of benzene rings is 2. The van der Waals surface area contributed by atoms with Crippen molar-refractivity contribution in [1.82, 2.24) is 4.90 Å². The van der Waals surface area contributed by atoms with Crippen LogP contribution in [0.4, 0.5) is 4.79 Å². The molecule has 0 aliphatic carbocycles. The molecule has 0 N–H and O–H groups in total. The van der Waals surface area contributed by atoms with Gasteiger partial charge in [-0.05, 0) is 47.7 Å². The van der Waals surface area contributed by atoms with Crippen LogP contribution in [0.2, 0.25) is 10.0 Å². The molecule has 0 aromatic heterocycles. The highest BCUT2D eigenvalue weighted by Gasteiger charge is 2.35. The van der Waals surface area contributed by atoms with Crippen LogP contribution in [-0.2, 0) is 11.3 Å². The van der Waals surface area contributed by atoms with E-state index in [0.717, 1.165) is 22.2 Å². The Kier molecular flexibility index (Phi) is 4.56. The molecule has 0 unspecified atom stereocenters. The second kappa shape index (κ2) is 6.87. The van der Waals surface area contributed by atoms with Gasteiger partial charge >= 0.3 is 0 Å². The molecule has 0 atom stereocenters. The fourth-order valence-corrected chi connectivity index (χ4v) is 3.99. The lowest BCUT2D eigenvalue weighted by Crippen LogP contribution is -2.27. The maximum Gasteiger partial charge on any atom is 0.293 e. The Morgan fingerprint density at radius 3 is 2.58 bits per heavy atom. The van der Waals surface area contributed by atoms with Gasteiger partial charge in [-0.2, -0.15) is 0 Å². The van der Waals surface area contributed by atoms with E-state index in [9.17, 15) is 9.59 Å². The van der Waals surface area contributed by atoms with E-state index in [1.807, 2.05) is 0 Å². The third-order valence-electron chi connectivity index (χ3n) is 3.95. The van der Waals surface area contributed by atoms with Crippen molar-refractivity contribution in [1.29, 1.82) is 0 Å². The molecule has 4 rings (SSSR count). The highest BCUT2D eigenvalue weighted by molar-refractivity contribution is 8.18. The van der Waals surface area contributed by atoms with Gasteiger partial charge in [0.25, 0.3) is 11.1 Å². The molecule has 26 heavy (non-hydrogen) atoms. The quantitative estimate of drug-likeness (QED) is 0.672. The van der Waals surface area contributed by atoms with E-state index in [1.54, 1.807) is 42.5 Å². The standard InChI is InChI=1S/C18H11Cl2NO4S/c19-12-2-1-3-13(20)11(12)8-21-17(22)16(26-18(21)23)7-10-4-5-14-15(6-10)25-9-24-14/h1-7H,8-9H2/b16-7-. The highest BCUT2D eigenvalue weighted by atomic mass is 35.5. The largest absolute Gasteiger partial charge is 0.454 e. The number of amides is 2. The summed E-state index contributed by atoms with van der Waals surface area (Å²) in [6.45, 7) is 0.204. The van der Waals surface area contributed by atoms with Crippen LogP contribution >= 0.6 is 35.0 Å². The molecule has 5 nitrogen and oxygen atoms in total. The van der Waals surface area contributed by atoms with Gasteiger partial charge in [0.15, 0.2) is 11.5 Å². The van der Waals surface area contributed by atoms with Gasteiger partial charge in [0.2, 0.25) is 6.79 Å². The Morgan fingerprint density at radius 1 is 1.08 bits per heavy atom. The van der Waals surface area contributed by atoms with Gasteiger partial charge in [-0.15, -0.1) is 0 Å². The first-order valence-electron chi connectivity index (χ1n) is 7.61. The predicted octanol–water partition coefficient (Wildman–Crippen LogP) is 4.96. The van der Waals surface area contributed by atoms with Crippen LogP contribution in [0.1, 0.15) is 11.1 Å². The summed E-state index contributed by atoms with van der Waals surface area (Å²) >= 11 is 13.2. The van der Waals surface area contributed by atoms with Crippen molar-refractivity contribution in [2.45, 2.75) is 6.54 Å². The van der Waals surface area contributed by atoms with Crippen molar-refractivity contribution in [3.8, 4) is 11.5 Å². The summed E-state index contributed by atoms with van der Waals surface area (Å²) in [4.78, 5) is 26.4. The Hall–Kier alpha value is -2.15. The van der Waals surface area contributed by atoms with Gasteiger partial charge in [0.05, 0.1) is 11.4 Å². The Balaban J connectivity index is 1.59. The number of hydrogen-bond donors (Lipinski definition) is 0. The van der Waals surface area contributed by atoms with Crippen LogP contribution in [0.25, 0.3) is 6.08 Å². The number of halogens is 2. The smallest absolute Gasteiger partial charge is 0.293 e. The number of imide groups is 1. The summed E-state index contributed by atoms with van der Waals surface area (Å²) in [5, 5.41) is 0.464. The summed E-state index contributed by atoms with van der Waals surface area (Å²) in [6, 6.07) is 10.4. The summed E-state index contributed by atoms with van der Waals surface area (Å²) < 4.78 is 10.6. The molecule has 132 valence electrons. The number of rotatable bonds is 3. The van der Waals surface area contributed by atoms with Crippen molar-refractivity contribution in [3.63, 3.8) is 0 Å². The molecule has 2 heterocycles. The molecule has 2 aliphatic rings. The molecule has 0 bridgehead atoms. The molecule has 1 saturated heterocycles. The van der Waals surface area contributed by atoms with E-state index >= 15 is 0 Å². The van der Waals surface area contributed by atoms with Crippen LogP contribution in [0.5, 0.6) is 11.5 Å². The van der Waals surface area contributed by atoms with Gasteiger partial charge in [0.1, 0.15) is 0 Å². The van der Waals surface area contributed by atoms with E-state index in [4.69, 9.17) is 32.7 Å². The van der Waals surface area contributed by atoms with Crippen molar-refractivity contribution in [2.24, 2.45) is 0 Å². The lowest BCUT2D eigenvalue weighted by molar-refractivity contribution is -0.123. The van der Waals surface area contributed by atoms with E-state index < -0.39 is 0 Å². The fraction of sp³-hybridized carbons (Fsp3) is 0.111. The van der Waals surface area contributed by atoms with E-state index in [-0.39, 0.29) is 24.5 Å². The molecule has 0 radical (unpaired) electrons. The number of thioether (sulfide) groups is 1. The molecule has 0 saturated carbocycles. The topological polar surface area (TPSA) is 55.8 Å². The molecular weight excluding hydrogens is 397 g/mol. The summed E-state index contributed by atoms with van der Waals surface area (Å²) in [7, 11) is 0. The number of carbonyl (C=O) groups is 2. The maximum atomic E-state index is 12.7. The number of ether oxygens (including phenoxy) is 2. The molecule has 2 aromatic rings. The average Bonchev–Trinajstić information content (AvgIpc) is 3.17. The highest BCUT2D eigenvalue weighted by Crippen LogP contribution is 2.37. The van der Waals surface area contributed by atoms with Gasteiger partial charge in [-0.3, -0.25) is 14.5 Å².